The lowest BCUT2D eigenvalue weighted by Crippen LogP contribution is -2.26. The van der Waals surface area contributed by atoms with E-state index in [4.69, 9.17) is 9.47 Å². The Morgan fingerprint density at radius 1 is 1.22 bits per heavy atom. The highest BCUT2D eigenvalue weighted by atomic mass is 16.6. The van der Waals surface area contributed by atoms with Gasteiger partial charge in [0, 0.05) is 18.2 Å². The number of carbonyl (C=O) groups is 1. The fraction of sp³-hybridized carbons (Fsp3) is 0.591. The van der Waals surface area contributed by atoms with Crippen LogP contribution in [0.4, 0.5) is 4.79 Å². The van der Waals surface area contributed by atoms with Crippen LogP contribution in [-0.4, -0.2) is 35.1 Å². The maximum Gasteiger partial charge on any atom is 0.419 e. The number of fused-ring (bicyclic) bond motifs is 1. The van der Waals surface area contributed by atoms with Crippen molar-refractivity contribution in [1.82, 2.24) is 4.57 Å². The molecule has 27 heavy (non-hydrogen) atoms. The van der Waals surface area contributed by atoms with Gasteiger partial charge in [0.15, 0.2) is 0 Å². The minimum absolute atomic E-state index is 0.0322. The fourth-order valence-electron chi connectivity index (χ4n) is 4.03. The summed E-state index contributed by atoms with van der Waals surface area (Å²) in [6.45, 7) is 5.65. The Morgan fingerprint density at radius 2 is 1.93 bits per heavy atom. The zero-order valence-corrected chi connectivity index (χ0v) is 16.9. The summed E-state index contributed by atoms with van der Waals surface area (Å²) in [4.78, 5) is 12.9. The maximum atomic E-state index is 12.9. The number of rotatable bonds is 4. The number of nitrogens with zero attached hydrogens (tertiary/aromatic N) is 1. The Balaban J connectivity index is 2.15. The third-order valence-electron chi connectivity index (χ3n) is 5.25. The van der Waals surface area contributed by atoms with Crippen LogP contribution in [-0.2, 0) is 11.2 Å². The summed E-state index contributed by atoms with van der Waals surface area (Å²) in [5, 5.41) is 10.4. The van der Waals surface area contributed by atoms with Gasteiger partial charge in [0.1, 0.15) is 11.4 Å². The average Bonchev–Trinajstić information content (AvgIpc) is 2.99. The summed E-state index contributed by atoms with van der Waals surface area (Å²) >= 11 is 0. The van der Waals surface area contributed by atoms with Gasteiger partial charge in [-0.1, -0.05) is 19.3 Å². The van der Waals surface area contributed by atoms with E-state index in [9.17, 15) is 9.90 Å². The second-order valence-electron chi connectivity index (χ2n) is 8.42. The smallest absolute Gasteiger partial charge is 0.419 e. The van der Waals surface area contributed by atoms with Crippen molar-refractivity contribution in [3.63, 3.8) is 0 Å². The molecule has 0 bridgehead atoms. The first-order valence-corrected chi connectivity index (χ1v) is 9.90. The van der Waals surface area contributed by atoms with Gasteiger partial charge >= 0.3 is 6.09 Å². The molecule has 1 aromatic carbocycles. The van der Waals surface area contributed by atoms with Crippen LogP contribution in [0.5, 0.6) is 5.75 Å². The molecule has 0 saturated heterocycles. The van der Waals surface area contributed by atoms with Gasteiger partial charge in [-0.2, -0.15) is 0 Å². The molecule has 1 aromatic heterocycles. The monoisotopic (exact) mass is 373 g/mol. The molecule has 1 N–H and O–H groups in total. The normalized spacial score (nSPS) is 15.9. The van der Waals surface area contributed by atoms with Crippen molar-refractivity contribution in [1.29, 1.82) is 0 Å². The number of hydrogen-bond donors (Lipinski definition) is 1. The molecule has 0 atom stereocenters. The molecular formula is C22H31NO4. The van der Waals surface area contributed by atoms with Gasteiger partial charge < -0.3 is 14.6 Å². The number of carbonyl (C=O) groups excluding carboxylic acids is 1. The molecule has 148 valence electrons. The van der Waals surface area contributed by atoms with Crippen molar-refractivity contribution in [2.75, 3.05) is 13.7 Å². The van der Waals surface area contributed by atoms with Crippen molar-refractivity contribution in [3.8, 4) is 5.75 Å². The summed E-state index contributed by atoms with van der Waals surface area (Å²) < 4.78 is 12.8. The first kappa shape index (κ1) is 19.7. The summed E-state index contributed by atoms with van der Waals surface area (Å²) in [5.41, 5.74) is 2.36. The SMILES string of the molecule is COc1cc2c(C3CCCCC3)cn(C(=O)OC(C)(C)C)c2cc1CCO. The van der Waals surface area contributed by atoms with Gasteiger partial charge in [-0.05, 0) is 69.2 Å². The van der Waals surface area contributed by atoms with Gasteiger partial charge in [-0.15, -0.1) is 0 Å². The number of methoxy groups -OCH3 is 1. The van der Waals surface area contributed by atoms with Crippen LogP contribution >= 0.6 is 0 Å². The van der Waals surface area contributed by atoms with E-state index >= 15 is 0 Å². The lowest BCUT2D eigenvalue weighted by molar-refractivity contribution is 0.0544. The summed E-state index contributed by atoms with van der Waals surface area (Å²) in [6.07, 6.45) is 8.10. The van der Waals surface area contributed by atoms with Crippen LogP contribution in [0.1, 0.15) is 69.9 Å². The van der Waals surface area contributed by atoms with Crippen LogP contribution in [0, 0.1) is 0 Å². The first-order chi connectivity index (χ1) is 12.8. The Hall–Kier alpha value is -2.01. The summed E-state index contributed by atoms with van der Waals surface area (Å²) in [6, 6.07) is 3.98. The summed E-state index contributed by atoms with van der Waals surface area (Å²) in [5.74, 6) is 1.22. The minimum Gasteiger partial charge on any atom is -0.496 e. The average molecular weight is 373 g/mol. The van der Waals surface area contributed by atoms with Gasteiger partial charge in [-0.25, -0.2) is 4.79 Å². The number of benzene rings is 1. The van der Waals surface area contributed by atoms with Gasteiger partial charge in [0.2, 0.25) is 0 Å². The highest BCUT2D eigenvalue weighted by Gasteiger charge is 2.26. The van der Waals surface area contributed by atoms with Gasteiger partial charge in [-0.3, -0.25) is 4.57 Å². The molecule has 1 saturated carbocycles. The van der Waals surface area contributed by atoms with E-state index in [-0.39, 0.29) is 12.7 Å². The number of hydrogen-bond acceptors (Lipinski definition) is 4. The standard InChI is InChI=1S/C22H31NO4/c1-22(2,3)27-21(25)23-14-18(15-8-6-5-7-9-15)17-13-20(26-4)16(10-11-24)12-19(17)23/h12-15,24H,5-11H2,1-4H3. The lowest BCUT2D eigenvalue weighted by Gasteiger charge is -2.21. The molecule has 1 fully saturated rings. The molecule has 0 spiro atoms. The van der Waals surface area contributed by atoms with E-state index < -0.39 is 5.60 Å². The van der Waals surface area contributed by atoms with Crippen LogP contribution in [0.25, 0.3) is 10.9 Å². The van der Waals surface area contributed by atoms with Crippen LogP contribution in [0.15, 0.2) is 18.3 Å². The van der Waals surface area contributed by atoms with Crippen molar-refractivity contribution in [3.05, 3.63) is 29.5 Å². The number of aliphatic hydroxyl groups is 1. The topological polar surface area (TPSA) is 60.7 Å². The highest BCUT2D eigenvalue weighted by molar-refractivity contribution is 5.94. The third kappa shape index (κ3) is 4.29. The first-order valence-electron chi connectivity index (χ1n) is 9.90. The number of ether oxygens (including phenoxy) is 2. The quantitative estimate of drug-likeness (QED) is 0.818. The zero-order valence-electron chi connectivity index (χ0n) is 16.9. The molecule has 0 amide bonds. The van der Waals surface area contributed by atoms with Crippen molar-refractivity contribution in [2.45, 2.75) is 70.8 Å². The molecule has 0 aliphatic heterocycles. The van der Waals surface area contributed by atoms with Crippen LogP contribution < -0.4 is 4.74 Å². The minimum atomic E-state index is -0.556. The number of aliphatic hydroxyl groups excluding tert-OH is 1. The van der Waals surface area contributed by atoms with Crippen LogP contribution in [0.2, 0.25) is 0 Å². The highest BCUT2D eigenvalue weighted by Crippen LogP contribution is 2.39. The van der Waals surface area contributed by atoms with Crippen molar-refractivity contribution < 1.29 is 19.4 Å². The van der Waals surface area contributed by atoms with E-state index in [1.807, 2.05) is 39.1 Å². The Morgan fingerprint density at radius 3 is 2.52 bits per heavy atom. The maximum absolute atomic E-state index is 12.9. The van der Waals surface area contributed by atoms with Crippen molar-refractivity contribution >= 4 is 17.0 Å². The Kier molecular flexibility index (Phi) is 5.80. The zero-order chi connectivity index (χ0) is 19.6. The molecule has 0 radical (unpaired) electrons. The third-order valence-corrected chi connectivity index (χ3v) is 5.25. The van der Waals surface area contributed by atoms with Gasteiger partial charge in [0.25, 0.3) is 0 Å². The molecule has 5 heteroatoms. The van der Waals surface area contributed by atoms with E-state index in [2.05, 4.69) is 0 Å². The van der Waals surface area contributed by atoms with Crippen LogP contribution in [0.3, 0.4) is 0 Å². The molecule has 1 aliphatic carbocycles. The predicted octanol–water partition coefficient (Wildman–Crippen LogP) is 5.02. The molecule has 2 aromatic rings. The molecule has 5 nitrogen and oxygen atoms in total. The van der Waals surface area contributed by atoms with E-state index in [0.29, 0.717) is 12.3 Å². The van der Waals surface area contributed by atoms with E-state index in [1.165, 1.54) is 24.8 Å². The molecule has 1 aliphatic rings. The Labute approximate surface area is 161 Å². The molecule has 3 rings (SSSR count). The fourth-order valence-corrected chi connectivity index (χ4v) is 4.03. The lowest BCUT2D eigenvalue weighted by atomic mass is 9.84. The second-order valence-corrected chi connectivity index (χ2v) is 8.42. The molecule has 0 unspecified atom stereocenters. The van der Waals surface area contributed by atoms with Crippen molar-refractivity contribution in [2.24, 2.45) is 0 Å². The Bertz CT molecular complexity index is 810. The second kappa shape index (κ2) is 7.93. The largest absolute Gasteiger partial charge is 0.496 e. The summed E-state index contributed by atoms with van der Waals surface area (Å²) in [7, 11) is 1.65. The molecule has 1 heterocycles. The molecular weight excluding hydrogens is 342 g/mol. The van der Waals surface area contributed by atoms with Gasteiger partial charge in [0.05, 0.1) is 12.6 Å². The number of aromatic nitrogens is 1. The van der Waals surface area contributed by atoms with E-state index in [0.717, 1.165) is 35.1 Å². The predicted molar refractivity (Wildman–Crippen MR) is 107 cm³/mol. The van der Waals surface area contributed by atoms with E-state index in [1.54, 1.807) is 11.7 Å².